The van der Waals surface area contributed by atoms with Crippen molar-refractivity contribution in [2.45, 2.75) is 87.5 Å². The molecule has 38 heavy (non-hydrogen) atoms. The summed E-state index contributed by atoms with van der Waals surface area (Å²) in [7, 11) is 0. The van der Waals surface area contributed by atoms with E-state index in [0.29, 0.717) is 22.9 Å². The number of nitrogens with zero attached hydrogens (tertiary/aromatic N) is 4. The van der Waals surface area contributed by atoms with Gasteiger partial charge in [-0.05, 0) is 76.8 Å². The summed E-state index contributed by atoms with van der Waals surface area (Å²) in [5, 5.41) is 14.9. The van der Waals surface area contributed by atoms with Gasteiger partial charge in [-0.2, -0.15) is 10.4 Å². The number of hydrogen-bond acceptors (Lipinski definition) is 11. The lowest BCUT2D eigenvalue weighted by atomic mass is 9.77. The first-order valence-corrected chi connectivity index (χ1v) is 16.8. The first kappa shape index (κ1) is 26.7. The number of ether oxygens (including phenoxy) is 3. The van der Waals surface area contributed by atoms with Crippen molar-refractivity contribution in [2.24, 2.45) is 5.92 Å². The number of nitrogens with two attached hydrogens (primary N) is 1. The minimum atomic E-state index is -2.66. The van der Waals surface area contributed by atoms with Crippen LogP contribution in [0.1, 0.15) is 52.7 Å². The Morgan fingerprint density at radius 3 is 2.89 bits per heavy atom. The molecular formula is C25H32N5O5PS2. The number of nitriles is 1. The average Bonchev–Trinajstić information content (AvgIpc) is 3.56. The lowest BCUT2D eigenvalue weighted by Gasteiger charge is -2.37. The molecule has 1 aliphatic carbocycles. The third-order valence-electron chi connectivity index (χ3n) is 8.10. The highest BCUT2D eigenvalue weighted by molar-refractivity contribution is 8.68. The molecule has 8 atom stereocenters. The van der Waals surface area contributed by atoms with Crippen molar-refractivity contribution in [3.05, 3.63) is 36.3 Å². The van der Waals surface area contributed by atoms with Gasteiger partial charge in [-0.1, -0.05) is 23.5 Å². The van der Waals surface area contributed by atoms with Crippen LogP contribution in [0.3, 0.4) is 0 Å². The second-order valence-electron chi connectivity index (χ2n) is 11.2. The maximum atomic E-state index is 10.5. The molecular weight excluding hydrogens is 545 g/mol. The molecule has 4 fully saturated rings. The number of allylic oxidation sites excluding steroid dienone is 1. The molecule has 4 aliphatic rings. The Kier molecular flexibility index (Phi) is 6.30. The van der Waals surface area contributed by atoms with E-state index in [1.165, 1.54) is 11.9 Å². The molecule has 3 saturated heterocycles. The van der Waals surface area contributed by atoms with Gasteiger partial charge in [-0.15, -0.1) is 0 Å². The maximum absolute atomic E-state index is 10.5. The summed E-state index contributed by atoms with van der Waals surface area (Å²) in [6.45, 7) is 12.2. The third-order valence-corrected chi connectivity index (χ3v) is 13.9. The van der Waals surface area contributed by atoms with Gasteiger partial charge in [0.15, 0.2) is 11.6 Å². The second kappa shape index (κ2) is 8.98. The standard InChI is InChI=1S/C25H32N5O5PS2/c1-14(2)15-8-9-24(5)19(10-15)35-36(37,38-24)31-11-17-20-21(34-23(3,4)33-20)25(12-26,32-17)18-7-6-16-22(27)28-13-29-30(16)18/h6-7,13,15,17,19-21H,1,8-11H2,2-5H3,(H2,27,28,29)/t15-,17+,19+,20+,21+,24+,25-,36-/m0/s1. The van der Waals surface area contributed by atoms with Gasteiger partial charge in [0.05, 0.1) is 18.4 Å². The predicted molar refractivity (Wildman–Crippen MR) is 147 cm³/mol. The molecule has 0 radical (unpaired) electrons. The molecule has 2 N–H and O–H groups in total. The van der Waals surface area contributed by atoms with Crippen molar-refractivity contribution in [3.63, 3.8) is 0 Å². The number of aromatic nitrogens is 3. The molecule has 13 heteroatoms. The maximum Gasteiger partial charge on any atom is 0.248 e. The quantitative estimate of drug-likeness (QED) is 0.400. The Morgan fingerprint density at radius 2 is 2.16 bits per heavy atom. The number of hydrogen-bond donors (Lipinski definition) is 1. The van der Waals surface area contributed by atoms with Crippen LogP contribution < -0.4 is 5.73 Å². The Labute approximate surface area is 231 Å². The highest BCUT2D eigenvalue weighted by Gasteiger charge is 2.66. The van der Waals surface area contributed by atoms with E-state index >= 15 is 0 Å². The van der Waals surface area contributed by atoms with E-state index in [2.05, 4.69) is 36.6 Å². The van der Waals surface area contributed by atoms with Crippen molar-refractivity contribution in [1.29, 1.82) is 5.26 Å². The summed E-state index contributed by atoms with van der Waals surface area (Å²) in [6.07, 6.45) is 2.45. The van der Waals surface area contributed by atoms with E-state index in [9.17, 15) is 5.26 Å². The molecule has 5 heterocycles. The molecule has 0 bridgehead atoms. The van der Waals surface area contributed by atoms with Crippen LogP contribution in [-0.4, -0.2) is 56.2 Å². The van der Waals surface area contributed by atoms with E-state index in [1.54, 1.807) is 28.0 Å². The third kappa shape index (κ3) is 4.14. The second-order valence-corrected chi connectivity index (χ2v) is 17.8. The van der Waals surface area contributed by atoms with E-state index in [-0.39, 0.29) is 17.5 Å². The van der Waals surface area contributed by atoms with Gasteiger partial charge in [-0.25, -0.2) is 9.50 Å². The van der Waals surface area contributed by atoms with Crippen LogP contribution in [0.5, 0.6) is 0 Å². The Hall–Kier alpha value is -1.55. The Balaban J connectivity index is 1.27. The molecule has 204 valence electrons. The lowest BCUT2D eigenvalue weighted by Crippen LogP contribution is -2.40. The van der Waals surface area contributed by atoms with Gasteiger partial charge in [0.2, 0.25) is 11.3 Å². The summed E-state index contributed by atoms with van der Waals surface area (Å²) in [5.41, 5.74) is 4.13. The first-order chi connectivity index (χ1) is 17.9. The van der Waals surface area contributed by atoms with E-state index < -0.39 is 35.4 Å². The topological polar surface area (TPSA) is 126 Å². The minimum Gasteiger partial charge on any atom is -0.382 e. The zero-order valence-corrected chi connectivity index (χ0v) is 24.4. The highest BCUT2D eigenvalue weighted by atomic mass is 32.9. The van der Waals surface area contributed by atoms with Gasteiger partial charge in [0.1, 0.15) is 36.2 Å². The van der Waals surface area contributed by atoms with Crippen LogP contribution in [0.15, 0.2) is 30.6 Å². The van der Waals surface area contributed by atoms with Gasteiger partial charge in [0, 0.05) is 4.75 Å². The van der Waals surface area contributed by atoms with Gasteiger partial charge in [0.25, 0.3) is 0 Å². The van der Waals surface area contributed by atoms with Gasteiger partial charge < -0.3 is 29.0 Å². The smallest absolute Gasteiger partial charge is 0.248 e. The van der Waals surface area contributed by atoms with Crippen molar-refractivity contribution in [1.82, 2.24) is 14.6 Å². The number of rotatable bonds is 5. The van der Waals surface area contributed by atoms with Crippen LogP contribution in [0.2, 0.25) is 0 Å². The monoisotopic (exact) mass is 577 g/mol. The fourth-order valence-corrected chi connectivity index (χ4v) is 13.2. The number of nitrogen functional groups attached to an aromatic ring is 1. The Morgan fingerprint density at radius 1 is 1.37 bits per heavy atom. The number of anilines is 1. The van der Waals surface area contributed by atoms with Crippen molar-refractivity contribution < 1.29 is 23.3 Å². The van der Waals surface area contributed by atoms with Crippen LogP contribution in [0.4, 0.5) is 5.82 Å². The molecule has 2 aromatic heterocycles. The van der Waals surface area contributed by atoms with E-state index in [4.69, 9.17) is 40.8 Å². The fraction of sp³-hybridized carbons (Fsp3) is 0.640. The largest absolute Gasteiger partial charge is 0.382 e. The molecule has 10 nitrogen and oxygen atoms in total. The molecule has 2 aromatic rings. The minimum absolute atomic E-state index is 0.0199. The predicted octanol–water partition coefficient (Wildman–Crippen LogP) is 4.46. The molecule has 0 spiro atoms. The molecule has 0 unspecified atom stereocenters. The van der Waals surface area contributed by atoms with Crippen LogP contribution in [0, 0.1) is 17.2 Å². The SMILES string of the molecule is C=C(C)[C@H]1CC[C@@]2(C)S[P@@](=S)(OC[C@H]3O[C@@](C#N)(c4ccc5c(N)ncnn45)[C@@H]4OC(C)(C)O[C@@H]43)O[C@@H]2C1. The molecule has 0 amide bonds. The van der Waals surface area contributed by atoms with Gasteiger partial charge in [-0.3, -0.25) is 0 Å². The zero-order valence-electron chi connectivity index (χ0n) is 21.8. The highest BCUT2D eigenvalue weighted by Crippen LogP contribution is 2.75. The lowest BCUT2D eigenvalue weighted by molar-refractivity contribution is -0.203. The number of fused-ring (bicyclic) bond motifs is 3. The van der Waals surface area contributed by atoms with E-state index in [1.807, 2.05) is 13.8 Å². The summed E-state index contributed by atoms with van der Waals surface area (Å²) >= 11 is 7.63. The van der Waals surface area contributed by atoms with Crippen molar-refractivity contribution >= 4 is 40.2 Å². The van der Waals surface area contributed by atoms with Gasteiger partial charge >= 0.3 is 0 Å². The summed E-state index contributed by atoms with van der Waals surface area (Å²) < 4.78 is 33.3. The van der Waals surface area contributed by atoms with Crippen molar-refractivity contribution in [2.75, 3.05) is 12.3 Å². The van der Waals surface area contributed by atoms with E-state index in [0.717, 1.165) is 19.3 Å². The summed E-state index contributed by atoms with van der Waals surface area (Å²) in [4.78, 5) is 4.05. The fourth-order valence-electron chi connectivity index (χ4n) is 6.07. The molecule has 1 saturated carbocycles. The van der Waals surface area contributed by atoms with Crippen molar-refractivity contribution in [3.8, 4) is 6.07 Å². The first-order valence-electron chi connectivity index (χ1n) is 12.7. The summed E-state index contributed by atoms with van der Waals surface area (Å²) in [5.74, 6) is -0.180. The Bertz CT molecular complexity index is 1400. The molecule has 0 aromatic carbocycles. The van der Waals surface area contributed by atoms with Crippen LogP contribution in [0.25, 0.3) is 5.52 Å². The molecule has 6 rings (SSSR count). The average molecular weight is 578 g/mol. The summed E-state index contributed by atoms with van der Waals surface area (Å²) in [6, 6.07) is 5.89. The normalized spacial score (nSPS) is 41.6. The molecule has 3 aliphatic heterocycles. The zero-order chi connectivity index (χ0) is 27.1. The van der Waals surface area contributed by atoms with Crippen LogP contribution >= 0.6 is 17.1 Å². The van der Waals surface area contributed by atoms with Crippen LogP contribution in [-0.2, 0) is 40.7 Å².